The molecule has 0 radical (unpaired) electrons. The molecule has 82 valence electrons. The number of hydrogen-bond donors (Lipinski definition) is 2. The molecule has 0 aromatic heterocycles. The van der Waals surface area contributed by atoms with E-state index in [1.807, 2.05) is 11.8 Å². The fourth-order valence-electron chi connectivity index (χ4n) is 1.53. The molecule has 1 atom stereocenters. The standard InChI is InChI=1S/C10H20N2O2/c1-9(8-13)7-11-10(14)12-5-3-2-4-6-12/h9,13H,2-8H2,1H3,(H,11,14). The molecule has 1 unspecified atom stereocenters. The van der Waals surface area contributed by atoms with Gasteiger partial charge in [-0.05, 0) is 25.2 Å². The third-order valence-corrected chi connectivity index (χ3v) is 2.56. The van der Waals surface area contributed by atoms with Crippen LogP contribution in [-0.4, -0.2) is 42.3 Å². The van der Waals surface area contributed by atoms with Crippen LogP contribution in [0.4, 0.5) is 4.79 Å². The number of carbonyl (C=O) groups excluding carboxylic acids is 1. The van der Waals surface area contributed by atoms with E-state index < -0.39 is 0 Å². The van der Waals surface area contributed by atoms with Crippen LogP contribution < -0.4 is 5.32 Å². The molecule has 0 aromatic rings. The van der Waals surface area contributed by atoms with Gasteiger partial charge < -0.3 is 15.3 Å². The van der Waals surface area contributed by atoms with E-state index in [2.05, 4.69) is 5.32 Å². The lowest BCUT2D eigenvalue weighted by molar-refractivity contribution is 0.180. The highest BCUT2D eigenvalue weighted by Gasteiger charge is 2.16. The van der Waals surface area contributed by atoms with E-state index in [-0.39, 0.29) is 18.6 Å². The van der Waals surface area contributed by atoms with Gasteiger partial charge in [0.15, 0.2) is 0 Å². The van der Waals surface area contributed by atoms with Crippen LogP contribution in [0.2, 0.25) is 0 Å². The Labute approximate surface area is 85.3 Å². The molecule has 1 fully saturated rings. The second-order valence-electron chi connectivity index (χ2n) is 4.02. The van der Waals surface area contributed by atoms with Gasteiger partial charge in [0, 0.05) is 26.2 Å². The lowest BCUT2D eigenvalue weighted by Crippen LogP contribution is -2.44. The Hall–Kier alpha value is -0.770. The molecule has 0 aliphatic carbocycles. The first-order chi connectivity index (χ1) is 6.74. The van der Waals surface area contributed by atoms with Crippen molar-refractivity contribution in [2.75, 3.05) is 26.2 Å². The maximum atomic E-state index is 11.6. The zero-order chi connectivity index (χ0) is 10.4. The fraction of sp³-hybridized carbons (Fsp3) is 0.900. The number of piperidine rings is 1. The number of carbonyl (C=O) groups is 1. The predicted molar refractivity (Wildman–Crippen MR) is 55.1 cm³/mol. The summed E-state index contributed by atoms with van der Waals surface area (Å²) in [6, 6.07) is 0.0185. The Balaban J connectivity index is 2.19. The van der Waals surface area contributed by atoms with E-state index in [0.29, 0.717) is 6.54 Å². The fourth-order valence-corrected chi connectivity index (χ4v) is 1.53. The third-order valence-electron chi connectivity index (χ3n) is 2.56. The SMILES string of the molecule is CC(CO)CNC(=O)N1CCCCC1. The highest BCUT2D eigenvalue weighted by Crippen LogP contribution is 2.08. The molecule has 0 aromatic carbocycles. The average molecular weight is 200 g/mol. The number of nitrogens with zero attached hydrogens (tertiary/aromatic N) is 1. The summed E-state index contributed by atoms with van der Waals surface area (Å²) in [5, 5.41) is 11.6. The van der Waals surface area contributed by atoms with Crippen LogP contribution in [0.1, 0.15) is 26.2 Å². The maximum absolute atomic E-state index is 11.6. The van der Waals surface area contributed by atoms with Crippen molar-refractivity contribution in [3.05, 3.63) is 0 Å². The van der Waals surface area contributed by atoms with Crippen LogP contribution in [0.5, 0.6) is 0 Å². The molecule has 2 amide bonds. The molecule has 1 aliphatic rings. The third kappa shape index (κ3) is 3.54. The Kier molecular flexibility index (Phi) is 4.73. The molecule has 2 N–H and O–H groups in total. The van der Waals surface area contributed by atoms with E-state index in [1.54, 1.807) is 0 Å². The molecule has 1 heterocycles. The van der Waals surface area contributed by atoms with Gasteiger partial charge in [-0.3, -0.25) is 0 Å². The summed E-state index contributed by atoms with van der Waals surface area (Å²) in [5.74, 6) is 0.142. The number of rotatable bonds is 3. The summed E-state index contributed by atoms with van der Waals surface area (Å²) in [7, 11) is 0. The zero-order valence-electron chi connectivity index (χ0n) is 8.83. The Morgan fingerprint density at radius 1 is 1.43 bits per heavy atom. The van der Waals surface area contributed by atoms with Crippen molar-refractivity contribution in [2.24, 2.45) is 5.92 Å². The van der Waals surface area contributed by atoms with Gasteiger partial charge in [-0.1, -0.05) is 6.92 Å². The normalized spacial score (nSPS) is 19.1. The maximum Gasteiger partial charge on any atom is 0.317 e. The molecule has 14 heavy (non-hydrogen) atoms. The number of hydrogen-bond acceptors (Lipinski definition) is 2. The molecule has 1 aliphatic heterocycles. The molecule has 1 rings (SSSR count). The monoisotopic (exact) mass is 200 g/mol. The van der Waals surface area contributed by atoms with Crippen molar-refractivity contribution < 1.29 is 9.90 Å². The van der Waals surface area contributed by atoms with Crippen LogP contribution in [-0.2, 0) is 0 Å². The van der Waals surface area contributed by atoms with E-state index in [4.69, 9.17) is 5.11 Å². The van der Waals surface area contributed by atoms with Crippen molar-refractivity contribution in [3.8, 4) is 0 Å². The summed E-state index contributed by atoms with van der Waals surface area (Å²) in [5.41, 5.74) is 0. The van der Waals surface area contributed by atoms with E-state index in [1.165, 1.54) is 6.42 Å². The minimum atomic E-state index is 0.0185. The first kappa shape index (κ1) is 11.3. The van der Waals surface area contributed by atoms with Crippen molar-refractivity contribution in [3.63, 3.8) is 0 Å². The predicted octanol–water partition coefficient (Wildman–Crippen LogP) is 0.810. The number of amides is 2. The summed E-state index contributed by atoms with van der Waals surface area (Å²) in [6.07, 6.45) is 3.46. The Bertz CT molecular complexity index is 179. The quantitative estimate of drug-likeness (QED) is 0.708. The van der Waals surface area contributed by atoms with Crippen molar-refractivity contribution >= 4 is 6.03 Å². The van der Waals surface area contributed by atoms with Crippen LogP contribution >= 0.6 is 0 Å². The lowest BCUT2D eigenvalue weighted by Gasteiger charge is -2.27. The van der Waals surface area contributed by atoms with E-state index >= 15 is 0 Å². The zero-order valence-corrected chi connectivity index (χ0v) is 8.83. The Morgan fingerprint density at radius 3 is 2.64 bits per heavy atom. The first-order valence-electron chi connectivity index (χ1n) is 5.37. The molecular weight excluding hydrogens is 180 g/mol. The molecule has 1 saturated heterocycles. The molecule has 4 nitrogen and oxygen atoms in total. The second-order valence-corrected chi connectivity index (χ2v) is 4.02. The topological polar surface area (TPSA) is 52.6 Å². The first-order valence-corrected chi connectivity index (χ1v) is 5.37. The lowest BCUT2D eigenvalue weighted by atomic mass is 10.1. The summed E-state index contributed by atoms with van der Waals surface area (Å²) in [4.78, 5) is 13.4. The van der Waals surface area contributed by atoms with Crippen molar-refractivity contribution in [1.29, 1.82) is 0 Å². The second kappa shape index (κ2) is 5.86. The highest BCUT2D eigenvalue weighted by molar-refractivity contribution is 5.74. The van der Waals surface area contributed by atoms with Gasteiger partial charge in [-0.15, -0.1) is 0 Å². The summed E-state index contributed by atoms with van der Waals surface area (Å²) < 4.78 is 0. The smallest absolute Gasteiger partial charge is 0.317 e. The molecule has 0 bridgehead atoms. The van der Waals surface area contributed by atoms with Gasteiger partial charge in [0.2, 0.25) is 0 Å². The van der Waals surface area contributed by atoms with Crippen LogP contribution in [0.3, 0.4) is 0 Å². The van der Waals surface area contributed by atoms with Crippen molar-refractivity contribution in [1.82, 2.24) is 10.2 Å². The van der Waals surface area contributed by atoms with Gasteiger partial charge >= 0.3 is 6.03 Å². The van der Waals surface area contributed by atoms with Gasteiger partial charge in [0.1, 0.15) is 0 Å². The van der Waals surface area contributed by atoms with Gasteiger partial charge in [0.25, 0.3) is 0 Å². The minimum Gasteiger partial charge on any atom is -0.396 e. The molecule has 0 spiro atoms. The van der Waals surface area contributed by atoms with Gasteiger partial charge in [-0.2, -0.15) is 0 Å². The number of nitrogens with one attached hydrogen (secondary N) is 1. The highest BCUT2D eigenvalue weighted by atomic mass is 16.3. The van der Waals surface area contributed by atoms with Crippen molar-refractivity contribution in [2.45, 2.75) is 26.2 Å². The van der Waals surface area contributed by atoms with Crippen LogP contribution in [0.25, 0.3) is 0 Å². The average Bonchev–Trinajstić information content (AvgIpc) is 2.26. The number of aliphatic hydroxyl groups is 1. The minimum absolute atomic E-state index is 0.0185. The molecule has 4 heteroatoms. The number of likely N-dealkylation sites (tertiary alicyclic amines) is 1. The largest absolute Gasteiger partial charge is 0.396 e. The van der Waals surface area contributed by atoms with Gasteiger partial charge in [-0.25, -0.2) is 4.79 Å². The number of urea groups is 1. The van der Waals surface area contributed by atoms with Gasteiger partial charge in [0.05, 0.1) is 0 Å². The van der Waals surface area contributed by atoms with E-state index in [9.17, 15) is 4.79 Å². The Morgan fingerprint density at radius 2 is 2.07 bits per heavy atom. The summed E-state index contributed by atoms with van der Waals surface area (Å²) >= 11 is 0. The van der Waals surface area contributed by atoms with Crippen LogP contribution in [0, 0.1) is 5.92 Å². The number of aliphatic hydroxyl groups excluding tert-OH is 1. The molecular formula is C10H20N2O2. The van der Waals surface area contributed by atoms with Crippen LogP contribution in [0.15, 0.2) is 0 Å². The molecule has 0 saturated carbocycles. The van der Waals surface area contributed by atoms with E-state index in [0.717, 1.165) is 25.9 Å². The summed E-state index contributed by atoms with van der Waals surface area (Å²) in [6.45, 7) is 4.35.